The standard InChI is InChI=1S/C18H19NO5.C18H19NO4.C4H6O6/c1-19(22)8-7-17-14-10-3-4-12(23-2)15(14)24-16(17)11(20)5-6-18(17,21)13(19)9-10;1-19-8-7-17-14-10-3-4-12(22-2)15(14)23-16(17)11(20)5-6-18(17,21)13(19)9-10;5-1(3(7)8)2(6)4(9)10/h3-6,13,16,21H,7-9H2,1-2H3;3-6,13,16,21H,7-9H2,1-2H3;1-2,5-6H,(H,7,8)(H,9,10)/t13-,16+,17+,18-,19?;13-,16+,17+,18-;/m11./s1. The van der Waals surface area contributed by atoms with Gasteiger partial charge in [0.15, 0.2) is 59.0 Å². The summed E-state index contributed by atoms with van der Waals surface area (Å²) in [7, 11) is 6.82. The molecular weight excluding hydrogens is 748 g/mol. The molecule has 2 aromatic rings. The number of quaternary nitrogens is 1. The number of hydroxylamine groups is 3. The van der Waals surface area contributed by atoms with Crippen molar-refractivity contribution < 1.29 is 73.4 Å². The number of carboxylic acid groups (broad SMARTS) is 2. The molecule has 6 N–H and O–H groups in total. The number of aliphatic hydroxyl groups excluding tert-OH is 2. The number of carbonyl (C=O) groups excluding carboxylic acids is 2. The summed E-state index contributed by atoms with van der Waals surface area (Å²) < 4.78 is 22.5. The van der Waals surface area contributed by atoms with E-state index in [0.29, 0.717) is 48.8 Å². The van der Waals surface area contributed by atoms with Gasteiger partial charge in [-0.05, 0) is 74.0 Å². The van der Waals surface area contributed by atoms with Crippen molar-refractivity contribution in [2.45, 2.75) is 84.2 Å². The van der Waals surface area contributed by atoms with Gasteiger partial charge < -0.3 is 59.4 Å². The minimum absolute atomic E-state index is 0.0430. The second-order valence-corrected chi connectivity index (χ2v) is 16.2. The summed E-state index contributed by atoms with van der Waals surface area (Å²) >= 11 is 0. The third-order valence-electron chi connectivity index (χ3n) is 13.7. The van der Waals surface area contributed by atoms with Crippen molar-refractivity contribution in [1.82, 2.24) is 4.90 Å². The van der Waals surface area contributed by atoms with E-state index in [-0.39, 0.29) is 17.6 Å². The third-order valence-corrected chi connectivity index (χ3v) is 13.7. The molecule has 17 heteroatoms. The summed E-state index contributed by atoms with van der Waals surface area (Å²) in [6.45, 7) is 1.19. The van der Waals surface area contributed by atoms with E-state index in [4.69, 9.17) is 39.4 Å². The van der Waals surface area contributed by atoms with E-state index in [1.54, 1.807) is 33.4 Å². The Morgan fingerprint density at radius 1 is 0.825 bits per heavy atom. The maximum Gasteiger partial charge on any atom is 0.335 e. The molecule has 57 heavy (non-hydrogen) atoms. The minimum Gasteiger partial charge on any atom is -0.633 e. The van der Waals surface area contributed by atoms with Gasteiger partial charge in [-0.2, -0.15) is 0 Å². The van der Waals surface area contributed by atoms with E-state index < -0.39 is 69.1 Å². The number of piperidine rings is 2. The molecule has 11 atom stereocenters. The summed E-state index contributed by atoms with van der Waals surface area (Å²) in [5, 5.41) is 68.9. The van der Waals surface area contributed by atoms with Crippen LogP contribution in [0.1, 0.15) is 35.1 Å². The average Bonchev–Trinajstić information content (AvgIpc) is 3.73. The lowest BCUT2D eigenvalue weighted by Gasteiger charge is -2.64. The zero-order chi connectivity index (χ0) is 41.2. The number of carbonyl (C=O) groups is 4. The number of ether oxygens (including phenoxy) is 4. The van der Waals surface area contributed by atoms with Gasteiger partial charge in [-0.15, -0.1) is 0 Å². The Morgan fingerprint density at radius 3 is 1.79 bits per heavy atom. The Morgan fingerprint density at radius 2 is 1.30 bits per heavy atom. The molecule has 3 unspecified atom stereocenters. The van der Waals surface area contributed by atoms with Crippen LogP contribution >= 0.6 is 0 Å². The van der Waals surface area contributed by atoms with Gasteiger partial charge in [0, 0.05) is 30.0 Å². The first kappa shape index (κ1) is 39.0. The Hall–Kier alpha value is -4.88. The number of carboxylic acids is 2. The highest BCUT2D eigenvalue weighted by Crippen LogP contribution is 2.65. The number of aliphatic carboxylic acids is 2. The monoisotopic (exact) mass is 792 g/mol. The van der Waals surface area contributed by atoms with E-state index in [9.17, 15) is 34.6 Å². The molecule has 10 rings (SSSR count). The fourth-order valence-electron chi connectivity index (χ4n) is 11.0. The Labute approximate surface area is 326 Å². The summed E-state index contributed by atoms with van der Waals surface area (Å²) in [6.07, 6.45) is 2.48. The van der Waals surface area contributed by atoms with Crippen LogP contribution in [0.2, 0.25) is 0 Å². The molecule has 4 heterocycles. The van der Waals surface area contributed by atoms with E-state index in [1.807, 2.05) is 25.2 Å². The summed E-state index contributed by atoms with van der Waals surface area (Å²) in [6, 6.07) is 7.12. The third kappa shape index (κ3) is 4.93. The largest absolute Gasteiger partial charge is 0.633 e. The molecule has 0 amide bonds. The lowest BCUT2D eigenvalue weighted by molar-refractivity contribution is -0.902. The number of aliphatic hydroxyl groups is 4. The van der Waals surface area contributed by atoms with Crippen LogP contribution in [0.3, 0.4) is 0 Å². The van der Waals surface area contributed by atoms with Crippen LogP contribution in [0, 0.1) is 5.21 Å². The summed E-state index contributed by atoms with van der Waals surface area (Å²) in [5.41, 5.74) is -0.0435. The quantitative estimate of drug-likeness (QED) is 0.166. The van der Waals surface area contributed by atoms with Gasteiger partial charge >= 0.3 is 11.9 Å². The number of hydrogen-bond acceptors (Lipinski definition) is 14. The lowest BCUT2D eigenvalue weighted by Crippen LogP contribution is -2.78. The van der Waals surface area contributed by atoms with Crippen molar-refractivity contribution in [3.05, 3.63) is 76.0 Å². The fraction of sp³-hybridized carbons (Fsp3) is 0.500. The van der Waals surface area contributed by atoms with Crippen LogP contribution in [0.15, 0.2) is 48.6 Å². The van der Waals surface area contributed by atoms with Gasteiger partial charge in [0.1, 0.15) is 17.2 Å². The number of hydrogen-bond donors (Lipinski definition) is 6. The van der Waals surface area contributed by atoms with Crippen LogP contribution < -0.4 is 18.9 Å². The Balaban J connectivity index is 0.000000130. The van der Waals surface area contributed by atoms with E-state index >= 15 is 0 Å². The van der Waals surface area contributed by atoms with Gasteiger partial charge in [-0.25, -0.2) is 9.59 Å². The highest BCUT2D eigenvalue weighted by Gasteiger charge is 2.75. The van der Waals surface area contributed by atoms with E-state index in [2.05, 4.69) is 11.0 Å². The molecule has 0 aromatic heterocycles. The Bertz CT molecular complexity index is 2150. The zero-order valence-electron chi connectivity index (χ0n) is 31.6. The first-order valence-corrected chi connectivity index (χ1v) is 18.6. The topological polar surface area (TPSA) is 253 Å². The predicted molar refractivity (Wildman–Crippen MR) is 195 cm³/mol. The van der Waals surface area contributed by atoms with Crippen molar-refractivity contribution in [1.29, 1.82) is 0 Å². The molecule has 8 aliphatic rings. The predicted octanol–water partition coefficient (Wildman–Crippen LogP) is -0.462. The maximum atomic E-state index is 13.1. The second-order valence-electron chi connectivity index (χ2n) is 16.2. The SMILES string of the molecule is COc1ccc2c3c1O[C@H]1C(=O)C=C[C@@]4(O)[C@@H](C2)N(C)CC[C@]314.COc1ccc2c3c1O[C@H]1C(=O)C=C[C@@]4(O)[C@@H](C2)[N+](C)([O-])CC[C@]314.O=C(O)C(O)C(O)C(=O)O. The molecule has 17 nitrogen and oxygen atoms in total. The van der Waals surface area contributed by atoms with Crippen LogP contribution in [0.5, 0.6) is 23.0 Å². The van der Waals surface area contributed by atoms with Gasteiger partial charge in [-0.1, -0.05) is 12.1 Å². The van der Waals surface area contributed by atoms with Crippen LogP contribution in [0.4, 0.5) is 0 Å². The fourth-order valence-corrected chi connectivity index (χ4v) is 11.0. The molecule has 0 radical (unpaired) electrons. The highest BCUT2D eigenvalue weighted by molar-refractivity contribution is 5.99. The normalized spacial score (nSPS) is 37.4. The van der Waals surface area contributed by atoms with Crippen LogP contribution in [0.25, 0.3) is 0 Å². The smallest absolute Gasteiger partial charge is 0.335 e. The van der Waals surface area contributed by atoms with Crippen molar-refractivity contribution >= 4 is 23.5 Å². The average molecular weight is 793 g/mol. The van der Waals surface area contributed by atoms with Crippen molar-refractivity contribution in [2.75, 3.05) is 41.4 Å². The first-order valence-electron chi connectivity index (χ1n) is 18.6. The Kier molecular flexibility index (Phi) is 8.76. The van der Waals surface area contributed by atoms with E-state index in [0.717, 1.165) is 35.2 Å². The molecule has 2 fully saturated rings. The van der Waals surface area contributed by atoms with Crippen molar-refractivity contribution in [2.24, 2.45) is 0 Å². The van der Waals surface area contributed by atoms with Gasteiger partial charge in [0.25, 0.3) is 0 Å². The van der Waals surface area contributed by atoms with E-state index in [1.165, 1.54) is 12.2 Å². The molecule has 4 aliphatic carbocycles. The molecule has 2 spiro atoms. The summed E-state index contributed by atoms with van der Waals surface area (Å²) in [5.74, 6) is -1.36. The number of methoxy groups -OCH3 is 2. The van der Waals surface area contributed by atoms with Crippen molar-refractivity contribution in [3.63, 3.8) is 0 Å². The molecule has 0 saturated carbocycles. The van der Waals surface area contributed by atoms with Crippen molar-refractivity contribution in [3.8, 4) is 23.0 Å². The second kappa shape index (κ2) is 12.8. The number of ketones is 2. The van der Waals surface area contributed by atoms with Gasteiger partial charge in [0.05, 0.1) is 38.6 Å². The molecule has 4 aliphatic heterocycles. The van der Waals surface area contributed by atoms with Gasteiger partial charge in [-0.3, -0.25) is 14.5 Å². The number of nitrogens with zero attached hydrogens (tertiary/aromatic N) is 2. The molecule has 2 aromatic carbocycles. The van der Waals surface area contributed by atoms with Gasteiger partial charge in [0.2, 0.25) is 0 Å². The lowest BCUT2D eigenvalue weighted by atomic mass is 9.50. The zero-order valence-corrected chi connectivity index (χ0v) is 31.6. The maximum absolute atomic E-state index is 13.1. The number of likely N-dealkylation sites (N-methyl/N-ethyl adjacent to an activating group) is 2. The highest BCUT2D eigenvalue weighted by atomic mass is 16.6. The molecular formula is C40H44N2O15. The molecule has 4 bridgehead atoms. The molecule has 2 saturated heterocycles. The number of likely N-dealkylation sites (tertiary alicyclic amines) is 2. The first-order chi connectivity index (χ1) is 26.8. The van der Waals surface area contributed by atoms with Crippen LogP contribution in [-0.2, 0) is 42.8 Å². The minimum atomic E-state index is -2.27. The number of rotatable bonds is 5. The molecule has 304 valence electrons. The summed E-state index contributed by atoms with van der Waals surface area (Å²) in [4.78, 5) is 46.9. The van der Waals surface area contributed by atoms with Crippen LogP contribution in [-0.4, -0.2) is 153 Å². The number of benzene rings is 2.